The molecule has 1 atom stereocenters. The van der Waals surface area contributed by atoms with Crippen molar-refractivity contribution < 1.29 is 0 Å². The standard InChI is InChI=1S/C17H16IN/c1-3-13(2)17(15-11-7-8-12-16(15)18)19-14-9-5-4-6-10-14/h3-12,17,19H,1-2H2. The Morgan fingerprint density at radius 1 is 1.05 bits per heavy atom. The Kier molecular flexibility index (Phi) is 4.80. The minimum absolute atomic E-state index is 0.0491. The molecule has 0 aromatic heterocycles. The van der Waals surface area contributed by atoms with Gasteiger partial charge in [-0.3, -0.25) is 0 Å². The van der Waals surface area contributed by atoms with E-state index in [0.29, 0.717) is 0 Å². The maximum absolute atomic E-state index is 4.10. The average molecular weight is 361 g/mol. The van der Waals surface area contributed by atoms with Crippen LogP contribution in [-0.2, 0) is 0 Å². The van der Waals surface area contributed by atoms with Crippen LogP contribution in [0.3, 0.4) is 0 Å². The molecular weight excluding hydrogens is 345 g/mol. The molecule has 0 amide bonds. The van der Waals surface area contributed by atoms with Gasteiger partial charge < -0.3 is 5.32 Å². The average Bonchev–Trinajstić information content (AvgIpc) is 2.46. The summed E-state index contributed by atoms with van der Waals surface area (Å²) in [7, 11) is 0. The highest BCUT2D eigenvalue weighted by atomic mass is 127. The minimum atomic E-state index is 0.0491. The zero-order chi connectivity index (χ0) is 13.7. The predicted octanol–water partition coefficient (Wildman–Crippen LogP) is 5.19. The first-order valence-corrected chi connectivity index (χ1v) is 7.17. The highest BCUT2D eigenvalue weighted by molar-refractivity contribution is 14.1. The molecule has 1 unspecified atom stereocenters. The largest absolute Gasteiger partial charge is 0.374 e. The van der Waals surface area contributed by atoms with Crippen LogP contribution in [0, 0.1) is 3.57 Å². The number of anilines is 1. The van der Waals surface area contributed by atoms with Crippen LogP contribution in [-0.4, -0.2) is 0 Å². The number of hydrogen-bond donors (Lipinski definition) is 1. The van der Waals surface area contributed by atoms with E-state index in [2.05, 4.69) is 65.3 Å². The van der Waals surface area contributed by atoms with E-state index in [1.807, 2.05) is 36.4 Å². The van der Waals surface area contributed by atoms with E-state index in [-0.39, 0.29) is 6.04 Å². The van der Waals surface area contributed by atoms with Crippen molar-refractivity contribution in [3.05, 3.63) is 88.5 Å². The molecule has 0 bridgehead atoms. The van der Waals surface area contributed by atoms with E-state index < -0.39 is 0 Å². The van der Waals surface area contributed by atoms with Crippen molar-refractivity contribution in [1.29, 1.82) is 0 Å². The highest BCUT2D eigenvalue weighted by Crippen LogP contribution is 2.29. The molecule has 1 nitrogen and oxygen atoms in total. The van der Waals surface area contributed by atoms with Crippen LogP contribution in [0.4, 0.5) is 5.69 Å². The molecule has 2 rings (SSSR count). The Labute approximate surface area is 128 Å². The fraction of sp³-hybridized carbons (Fsp3) is 0.0588. The Morgan fingerprint density at radius 3 is 2.32 bits per heavy atom. The van der Waals surface area contributed by atoms with Gasteiger partial charge in [0.2, 0.25) is 0 Å². The Morgan fingerprint density at radius 2 is 1.68 bits per heavy atom. The molecular formula is C17H16IN. The number of rotatable bonds is 5. The van der Waals surface area contributed by atoms with Crippen molar-refractivity contribution >= 4 is 28.3 Å². The van der Waals surface area contributed by atoms with E-state index in [9.17, 15) is 0 Å². The number of halogens is 1. The molecule has 2 heteroatoms. The summed E-state index contributed by atoms with van der Waals surface area (Å²) in [4.78, 5) is 0. The summed E-state index contributed by atoms with van der Waals surface area (Å²) in [6, 6.07) is 18.5. The lowest BCUT2D eigenvalue weighted by Crippen LogP contribution is -2.13. The highest BCUT2D eigenvalue weighted by Gasteiger charge is 2.15. The van der Waals surface area contributed by atoms with E-state index in [1.54, 1.807) is 0 Å². The van der Waals surface area contributed by atoms with Crippen molar-refractivity contribution in [2.24, 2.45) is 0 Å². The lowest BCUT2D eigenvalue weighted by atomic mass is 9.99. The summed E-state index contributed by atoms with van der Waals surface area (Å²) in [5.41, 5.74) is 3.26. The van der Waals surface area contributed by atoms with Gasteiger partial charge in [-0.15, -0.1) is 0 Å². The predicted molar refractivity (Wildman–Crippen MR) is 91.3 cm³/mol. The first-order valence-electron chi connectivity index (χ1n) is 6.09. The van der Waals surface area contributed by atoms with Crippen molar-refractivity contribution in [2.45, 2.75) is 6.04 Å². The Hall–Kier alpha value is -1.55. The molecule has 0 aliphatic rings. The molecule has 1 N–H and O–H groups in total. The van der Waals surface area contributed by atoms with Crippen LogP contribution in [0.5, 0.6) is 0 Å². The minimum Gasteiger partial charge on any atom is -0.374 e. The summed E-state index contributed by atoms with van der Waals surface area (Å²) >= 11 is 2.35. The second kappa shape index (κ2) is 6.57. The zero-order valence-corrected chi connectivity index (χ0v) is 12.8. The molecule has 0 spiro atoms. The quantitative estimate of drug-likeness (QED) is 0.571. The SMILES string of the molecule is C=CC(=C)C(Nc1ccccc1)c1ccccc1I. The fourth-order valence-corrected chi connectivity index (χ4v) is 2.60. The van der Waals surface area contributed by atoms with Crippen LogP contribution in [0.15, 0.2) is 79.4 Å². The molecule has 0 saturated carbocycles. The van der Waals surface area contributed by atoms with Crippen LogP contribution in [0.25, 0.3) is 0 Å². The van der Waals surface area contributed by atoms with Gasteiger partial charge >= 0.3 is 0 Å². The second-order valence-electron chi connectivity index (χ2n) is 4.24. The van der Waals surface area contributed by atoms with Gasteiger partial charge in [-0.1, -0.05) is 55.6 Å². The smallest absolute Gasteiger partial charge is 0.0771 e. The summed E-state index contributed by atoms with van der Waals surface area (Å²) in [5.74, 6) is 0. The first kappa shape index (κ1) is 13.9. The molecule has 2 aromatic rings. The number of benzene rings is 2. The van der Waals surface area contributed by atoms with Crippen molar-refractivity contribution in [3.63, 3.8) is 0 Å². The fourth-order valence-electron chi connectivity index (χ4n) is 1.90. The second-order valence-corrected chi connectivity index (χ2v) is 5.41. The number of nitrogens with one attached hydrogen (secondary N) is 1. The van der Waals surface area contributed by atoms with Gasteiger partial charge in [0.1, 0.15) is 0 Å². The monoisotopic (exact) mass is 361 g/mol. The normalized spacial score (nSPS) is 11.6. The maximum Gasteiger partial charge on any atom is 0.0771 e. The molecule has 2 aromatic carbocycles. The summed E-state index contributed by atoms with van der Waals surface area (Å²) in [6.45, 7) is 7.94. The molecule has 0 saturated heterocycles. The summed E-state index contributed by atoms with van der Waals surface area (Å²) in [6.07, 6.45) is 1.81. The molecule has 96 valence electrons. The van der Waals surface area contributed by atoms with Crippen LogP contribution in [0.2, 0.25) is 0 Å². The molecule has 0 aliphatic carbocycles. The lowest BCUT2D eigenvalue weighted by Gasteiger charge is -2.22. The molecule has 0 fully saturated rings. The van der Waals surface area contributed by atoms with Gasteiger partial charge in [0.05, 0.1) is 6.04 Å². The molecule has 19 heavy (non-hydrogen) atoms. The van der Waals surface area contributed by atoms with E-state index in [4.69, 9.17) is 0 Å². The van der Waals surface area contributed by atoms with Crippen LogP contribution >= 0.6 is 22.6 Å². The third-order valence-electron chi connectivity index (χ3n) is 2.93. The van der Waals surface area contributed by atoms with Crippen LogP contribution in [0.1, 0.15) is 11.6 Å². The third-order valence-corrected chi connectivity index (χ3v) is 3.92. The van der Waals surface area contributed by atoms with Crippen LogP contribution < -0.4 is 5.32 Å². The topological polar surface area (TPSA) is 12.0 Å². The van der Waals surface area contributed by atoms with Crippen molar-refractivity contribution in [2.75, 3.05) is 5.32 Å². The summed E-state index contributed by atoms with van der Waals surface area (Å²) in [5, 5.41) is 3.51. The van der Waals surface area contributed by atoms with Gasteiger partial charge in [0.15, 0.2) is 0 Å². The van der Waals surface area contributed by atoms with Crippen molar-refractivity contribution in [1.82, 2.24) is 0 Å². The lowest BCUT2D eigenvalue weighted by molar-refractivity contribution is 0.936. The molecule has 0 aliphatic heterocycles. The number of para-hydroxylation sites is 1. The first-order chi connectivity index (χ1) is 9.22. The van der Waals surface area contributed by atoms with Gasteiger partial charge in [-0.05, 0) is 51.9 Å². The van der Waals surface area contributed by atoms with Crippen molar-refractivity contribution in [3.8, 4) is 0 Å². The number of hydrogen-bond acceptors (Lipinski definition) is 1. The van der Waals surface area contributed by atoms with E-state index >= 15 is 0 Å². The van der Waals surface area contributed by atoms with E-state index in [1.165, 1.54) is 9.13 Å². The van der Waals surface area contributed by atoms with Gasteiger partial charge in [-0.2, -0.15) is 0 Å². The summed E-state index contributed by atoms with van der Waals surface area (Å²) < 4.78 is 1.22. The zero-order valence-electron chi connectivity index (χ0n) is 10.6. The Bertz CT molecular complexity index is 575. The van der Waals surface area contributed by atoms with Gasteiger partial charge in [0, 0.05) is 9.26 Å². The third kappa shape index (κ3) is 3.47. The molecule has 0 radical (unpaired) electrons. The van der Waals surface area contributed by atoms with Gasteiger partial charge in [-0.25, -0.2) is 0 Å². The maximum atomic E-state index is 4.10. The van der Waals surface area contributed by atoms with E-state index in [0.717, 1.165) is 11.3 Å². The Balaban J connectivity index is 2.35. The molecule has 0 heterocycles. The van der Waals surface area contributed by atoms with Gasteiger partial charge in [0.25, 0.3) is 0 Å².